The van der Waals surface area contributed by atoms with Crippen LogP contribution < -0.4 is 10.1 Å². The number of aromatic nitrogens is 1. The van der Waals surface area contributed by atoms with Crippen LogP contribution in [-0.4, -0.2) is 18.0 Å². The highest BCUT2D eigenvalue weighted by Crippen LogP contribution is 2.36. The number of thiazole rings is 1. The van der Waals surface area contributed by atoms with Crippen LogP contribution in [0.25, 0.3) is 10.2 Å². The highest BCUT2D eigenvalue weighted by Gasteiger charge is 2.30. The Hall–Kier alpha value is -1.76. The van der Waals surface area contributed by atoms with Crippen LogP contribution >= 0.6 is 11.3 Å². The van der Waals surface area contributed by atoms with Crippen molar-refractivity contribution in [2.24, 2.45) is 5.92 Å². The van der Waals surface area contributed by atoms with E-state index in [-0.39, 0.29) is 27.2 Å². The Morgan fingerprint density at radius 1 is 1.53 bits per heavy atom. The number of rotatable bonds is 3. The van der Waals surface area contributed by atoms with Crippen LogP contribution in [0.15, 0.2) is 6.07 Å². The van der Waals surface area contributed by atoms with Crippen molar-refractivity contribution >= 4 is 32.6 Å². The number of carbonyl (C=O) groups is 1. The van der Waals surface area contributed by atoms with Crippen molar-refractivity contribution in [3.05, 3.63) is 17.7 Å². The van der Waals surface area contributed by atoms with E-state index in [9.17, 15) is 13.6 Å². The molecule has 0 spiro atoms. The highest BCUT2D eigenvalue weighted by atomic mass is 32.1. The van der Waals surface area contributed by atoms with Crippen molar-refractivity contribution in [2.75, 3.05) is 12.4 Å². The largest absolute Gasteiger partial charge is 0.491 e. The first-order chi connectivity index (χ1) is 9.10. The minimum atomic E-state index is -0.808. The standard InChI is InChI=1S/C12H10F2N2O2S/c1-18-9-6(13)4-7-10(8(9)14)19-12(15-7)16-11(17)5-2-3-5/h4-5H,2-3H2,1H3,(H,15,16,17). The molecule has 0 bridgehead atoms. The number of ether oxygens (including phenoxy) is 1. The van der Waals surface area contributed by atoms with Crippen LogP contribution in [0.1, 0.15) is 12.8 Å². The second-order valence-electron chi connectivity index (χ2n) is 4.34. The molecule has 0 unspecified atom stereocenters. The van der Waals surface area contributed by atoms with Crippen LogP contribution in [0.3, 0.4) is 0 Å². The number of benzene rings is 1. The molecule has 1 aromatic heterocycles. The van der Waals surface area contributed by atoms with Gasteiger partial charge in [0, 0.05) is 12.0 Å². The topological polar surface area (TPSA) is 51.2 Å². The van der Waals surface area contributed by atoms with Crippen molar-refractivity contribution in [3.8, 4) is 5.75 Å². The molecule has 1 aliphatic rings. The van der Waals surface area contributed by atoms with E-state index in [4.69, 9.17) is 0 Å². The molecular formula is C12H10F2N2O2S. The van der Waals surface area contributed by atoms with Gasteiger partial charge in [0.15, 0.2) is 22.5 Å². The van der Waals surface area contributed by atoms with E-state index in [0.29, 0.717) is 0 Å². The molecule has 0 radical (unpaired) electrons. The van der Waals surface area contributed by atoms with E-state index < -0.39 is 17.4 Å². The molecule has 4 nitrogen and oxygen atoms in total. The molecule has 3 rings (SSSR count). The molecule has 100 valence electrons. The summed E-state index contributed by atoms with van der Waals surface area (Å²) in [6.45, 7) is 0. The molecule has 1 aliphatic carbocycles. The molecule has 1 saturated carbocycles. The molecule has 1 N–H and O–H groups in total. The number of hydrogen-bond donors (Lipinski definition) is 1. The zero-order valence-electron chi connectivity index (χ0n) is 10.00. The fourth-order valence-corrected chi connectivity index (χ4v) is 2.65. The maximum atomic E-state index is 13.9. The molecular weight excluding hydrogens is 274 g/mol. The Morgan fingerprint density at radius 2 is 2.26 bits per heavy atom. The highest BCUT2D eigenvalue weighted by molar-refractivity contribution is 7.22. The van der Waals surface area contributed by atoms with Gasteiger partial charge in [0.05, 0.1) is 17.3 Å². The summed E-state index contributed by atoms with van der Waals surface area (Å²) in [6.07, 6.45) is 1.74. The fraction of sp³-hybridized carbons (Fsp3) is 0.333. The maximum absolute atomic E-state index is 13.9. The van der Waals surface area contributed by atoms with Crippen LogP contribution in [0, 0.1) is 17.6 Å². The SMILES string of the molecule is COc1c(F)cc2nc(NC(=O)C3CC3)sc2c1F. The van der Waals surface area contributed by atoms with Gasteiger partial charge in [-0.25, -0.2) is 13.8 Å². The van der Waals surface area contributed by atoms with Crippen molar-refractivity contribution in [3.63, 3.8) is 0 Å². The number of hydrogen-bond acceptors (Lipinski definition) is 4. The maximum Gasteiger partial charge on any atom is 0.229 e. The van der Waals surface area contributed by atoms with E-state index in [1.54, 1.807) is 0 Å². The van der Waals surface area contributed by atoms with E-state index in [1.165, 1.54) is 7.11 Å². The lowest BCUT2D eigenvalue weighted by molar-refractivity contribution is -0.117. The third-order valence-corrected chi connectivity index (χ3v) is 3.89. The normalized spacial score (nSPS) is 14.7. The lowest BCUT2D eigenvalue weighted by atomic mass is 10.3. The van der Waals surface area contributed by atoms with Gasteiger partial charge in [-0.05, 0) is 12.8 Å². The number of carbonyl (C=O) groups excluding carboxylic acids is 1. The monoisotopic (exact) mass is 284 g/mol. The summed E-state index contributed by atoms with van der Waals surface area (Å²) in [7, 11) is 1.20. The summed E-state index contributed by atoms with van der Waals surface area (Å²) in [5.41, 5.74) is 0.173. The number of nitrogens with one attached hydrogen (secondary N) is 1. The summed E-state index contributed by atoms with van der Waals surface area (Å²) in [5, 5.41) is 2.89. The minimum absolute atomic E-state index is 0.0307. The van der Waals surface area contributed by atoms with Gasteiger partial charge in [-0.1, -0.05) is 11.3 Å². The third-order valence-electron chi connectivity index (χ3n) is 2.91. The first-order valence-electron chi connectivity index (χ1n) is 5.73. The quantitative estimate of drug-likeness (QED) is 0.942. The first-order valence-corrected chi connectivity index (χ1v) is 6.55. The van der Waals surface area contributed by atoms with Crippen LogP contribution in [0.2, 0.25) is 0 Å². The zero-order valence-corrected chi connectivity index (χ0v) is 10.8. The average molecular weight is 284 g/mol. The molecule has 0 aliphatic heterocycles. The molecule has 0 atom stereocenters. The molecule has 1 fully saturated rings. The molecule has 0 saturated heterocycles. The summed E-state index contributed by atoms with van der Waals surface area (Å²) < 4.78 is 32.3. The summed E-state index contributed by atoms with van der Waals surface area (Å²) in [5.74, 6) is -2.12. The van der Waals surface area contributed by atoms with E-state index in [1.807, 2.05) is 0 Å². The molecule has 1 heterocycles. The van der Waals surface area contributed by atoms with Gasteiger partial charge in [-0.2, -0.15) is 0 Å². The van der Waals surface area contributed by atoms with E-state index in [2.05, 4.69) is 15.0 Å². The number of fused-ring (bicyclic) bond motifs is 1. The lowest BCUT2D eigenvalue weighted by Crippen LogP contribution is -2.12. The molecule has 7 heteroatoms. The van der Waals surface area contributed by atoms with Crippen molar-refractivity contribution in [1.82, 2.24) is 4.98 Å². The summed E-state index contributed by atoms with van der Waals surface area (Å²) >= 11 is 0.971. The number of amides is 1. The van der Waals surface area contributed by atoms with E-state index >= 15 is 0 Å². The first kappa shape index (κ1) is 12.3. The molecule has 19 heavy (non-hydrogen) atoms. The van der Waals surface area contributed by atoms with Gasteiger partial charge in [0.25, 0.3) is 0 Å². The molecule has 2 aromatic rings. The van der Waals surface area contributed by atoms with Gasteiger partial charge >= 0.3 is 0 Å². The van der Waals surface area contributed by atoms with Gasteiger partial charge in [-0.3, -0.25) is 4.79 Å². The fourth-order valence-electron chi connectivity index (χ4n) is 1.77. The number of anilines is 1. The number of methoxy groups -OCH3 is 1. The predicted molar refractivity (Wildman–Crippen MR) is 67.4 cm³/mol. The van der Waals surface area contributed by atoms with Crippen molar-refractivity contribution in [2.45, 2.75) is 12.8 Å². The average Bonchev–Trinajstić information content (AvgIpc) is 3.13. The van der Waals surface area contributed by atoms with Gasteiger partial charge in [-0.15, -0.1) is 0 Å². The van der Waals surface area contributed by atoms with Crippen molar-refractivity contribution in [1.29, 1.82) is 0 Å². The van der Waals surface area contributed by atoms with Gasteiger partial charge < -0.3 is 10.1 Å². The predicted octanol–water partition coefficient (Wildman–Crippen LogP) is 2.93. The molecule has 1 amide bonds. The molecule has 1 aromatic carbocycles. The third kappa shape index (κ3) is 2.14. The second kappa shape index (κ2) is 4.41. The Kier molecular flexibility index (Phi) is 2.85. The second-order valence-corrected chi connectivity index (χ2v) is 5.34. The summed E-state index contributed by atoms with van der Waals surface area (Å²) in [4.78, 5) is 15.6. The smallest absolute Gasteiger partial charge is 0.229 e. The lowest BCUT2D eigenvalue weighted by Gasteiger charge is -2.02. The van der Waals surface area contributed by atoms with Crippen LogP contribution in [0.5, 0.6) is 5.75 Å². The van der Waals surface area contributed by atoms with E-state index in [0.717, 1.165) is 30.2 Å². The van der Waals surface area contributed by atoms with Gasteiger partial charge in [0.1, 0.15) is 0 Å². The van der Waals surface area contributed by atoms with Crippen molar-refractivity contribution < 1.29 is 18.3 Å². The number of halogens is 2. The summed E-state index contributed by atoms with van der Waals surface area (Å²) in [6, 6.07) is 1.10. The van der Waals surface area contributed by atoms with Gasteiger partial charge in [0.2, 0.25) is 5.91 Å². The Labute approximate surface area is 111 Å². The Bertz CT molecular complexity index is 667. The van der Waals surface area contributed by atoms with Crippen LogP contribution in [0.4, 0.5) is 13.9 Å². The Morgan fingerprint density at radius 3 is 2.89 bits per heavy atom. The zero-order chi connectivity index (χ0) is 13.6. The number of nitrogens with zero attached hydrogens (tertiary/aromatic N) is 1. The van der Waals surface area contributed by atoms with Crippen LogP contribution in [-0.2, 0) is 4.79 Å². The Balaban J connectivity index is 2.00. The minimum Gasteiger partial charge on any atom is -0.491 e.